The summed E-state index contributed by atoms with van der Waals surface area (Å²) >= 11 is 4.51. The summed E-state index contributed by atoms with van der Waals surface area (Å²) in [5.74, 6) is -0.160. The van der Waals surface area contributed by atoms with Crippen molar-refractivity contribution in [2.24, 2.45) is 5.73 Å². The monoisotopic (exact) mass is 158 g/mol. The molecule has 0 aromatic heterocycles. The van der Waals surface area contributed by atoms with Crippen LogP contribution in [0.3, 0.4) is 0 Å². The largest absolute Gasteiger partial charge is 0.393 e. The number of amides is 1. The van der Waals surface area contributed by atoms with Crippen LogP contribution in [0.2, 0.25) is 0 Å². The minimum atomic E-state index is -0.160. The maximum atomic E-state index is 10.7. The normalized spacial score (nSPS) is 8.40. The minimum Gasteiger partial charge on any atom is -0.393 e. The van der Waals surface area contributed by atoms with Crippen LogP contribution in [0.1, 0.15) is 6.42 Å². The van der Waals surface area contributed by atoms with Gasteiger partial charge in [0.05, 0.1) is 11.4 Å². The summed E-state index contributed by atoms with van der Waals surface area (Å²) in [5.41, 5.74) is 5.11. The van der Waals surface area contributed by atoms with E-state index in [4.69, 9.17) is 5.73 Å². The highest BCUT2D eigenvalue weighted by Gasteiger charge is 1.99. The van der Waals surface area contributed by atoms with E-state index in [1.54, 1.807) is 6.08 Å². The van der Waals surface area contributed by atoms with Crippen LogP contribution in [-0.4, -0.2) is 17.4 Å². The lowest BCUT2D eigenvalue weighted by Crippen LogP contribution is -2.27. The summed E-state index contributed by atoms with van der Waals surface area (Å²) in [6, 6.07) is 0. The first-order valence-corrected chi connectivity index (χ1v) is 3.23. The van der Waals surface area contributed by atoms with Crippen LogP contribution in [0.25, 0.3) is 0 Å². The Labute approximate surface area is 65.3 Å². The fourth-order valence-corrected chi connectivity index (χ4v) is 0.538. The van der Waals surface area contributed by atoms with Gasteiger partial charge in [-0.15, -0.1) is 6.58 Å². The molecule has 56 valence electrons. The zero-order valence-electron chi connectivity index (χ0n) is 5.59. The quantitative estimate of drug-likeness (QED) is 0.446. The van der Waals surface area contributed by atoms with Gasteiger partial charge in [-0.1, -0.05) is 18.3 Å². The van der Waals surface area contributed by atoms with Gasteiger partial charge in [0.2, 0.25) is 5.91 Å². The molecule has 0 heterocycles. The summed E-state index contributed by atoms with van der Waals surface area (Å²) in [4.78, 5) is 10.9. The fraction of sp³-hybridized carbons (Fsp3) is 0.333. The van der Waals surface area contributed by atoms with E-state index >= 15 is 0 Å². The molecule has 0 aliphatic rings. The molecule has 0 saturated carbocycles. The Hall–Kier alpha value is -0.900. The summed E-state index contributed by atoms with van der Waals surface area (Å²) in [6.45, 7) is 3.89. The molecule has 0 aliphatic heterocycles. The molecule has 0 fully saturated rings. The number of hydrogen-bond acceptors (Lipinski definition) is 2. The number of nitrogens with two attached hydrogens (primary N) is 1. The summed E-state index contributed by atoms with van der Waals surface area (Å²) in [7, 11) is 0. The van der Waals surface area contributed by atoms with Crippen LogP contribution >= 0.6 is 12.2 Å². The molecule has 0 aromatic rings. The van der Waals surface area contributed by atoms with E-state index in [1.165, 1.54) is 0 Å². The summed E-state index contributed by atoms with van der Waals surface area (Å²) in [6.07, 6.45) is 1.71. The number of thiocarbonyl (C=S) groups is 1. The van der Waals surface area contributed by atoms with Crippen LogP contribution in [0, 0.1) is 0 Å². The summed E-state index contributed by atoms with van der Waals surface area (Å²) in [5, 5.41) is 2.54. The Kier molecular flexibility index (Phi) is 4.49. The molecule has 1 amide bonds. The van der Waals surface area contributed by atoms with Crippen LogP contribution in [0.15, 0.2) is 12.7 Å². The molecule has 3 N–H and O–H groups in total. The fourth-order valence-electron chi connectivity index (χ4n) is 0.407. The molecule has 0 aliphatic carbocycles. The van der Waals surface area contributed by atoms with Crippen molar-refractivity contribution in [2.45, 2.75) is 6.42 Å². The molecular weight excluding hydrogens is 148 g/mol. The molecule has 0 bridgehead atoms. The van der Waals surface area contributed by atoms with Crippen molar-refractivity contribution in [1.82, 2.24) is 5.32 Å². The third-order valence-corrected chi connectivity index (χ3v) is 0.923. The smallest absolute Gasteiger partial charge is 0.227 e. The van der Waals surface area contributed by atoms with Gasteiger partial charge in [-0.3, -0.25) is 4.79 Å². The van der Waals surface area contributed by atoms with Gasteiger partial charge in [0.15, 0.2) is 0 Å². The molecule has 10 heavy (non-hydrogen) atoms. The lowest BCUT2D eigenvalue weighted by Gasteiger charge is -1.98. The van der Waals surface area contributed by atoms with Gasteiger partial charge >= 0.3 is 0 Å². The number of hydrogen-bond donors (Lipinski definition) is 2. The van der Waals surface area contributed by atoms with Gasteiger partial charge < -0.3 is 11.1 Å². The zero-order chi connectivity index (χ0) is 7.98. The third-order valence-electron chi connectivity index (χ3n) is 0.778. The number of carbonyl (C=O) groups excluding carboxylic acids is 1. The predicted molar refractivity (Wildman–Crippen MR) is 44.6 cm³/mol. The molecule has 3 nitrogen and oxygen atoms in total. The minimum absolute atomic E-state index is 0.114. The molecule has 0 spiro atoms. The second-order valence-corrected chi connectivity index (χ2v) is 2.26. The number of nitrogens with one attached hydrogen (secondary N) is 1. The summed E-state index contributed by atoms with van der Waals surface area (Å²) < 4.78 is 0. The first-order valence-electron chi connectivity index (χ1n) is 2.82. The Morgan fingerprint density at radius 3 is 2.80 bits per heavy atom. The molecule has 4 heteroatoms. The SMILES string of the molecule is C=CCNC(=O)CC(N)=S. The van der Waals surface area contributed by atoms with Crippen LogP contribution < -0.4 is 11.1 Å². The van der Waals surface area contributed by atoms with Crippen molar-refractivity contribution < 1.29 is 4.79 Å². The zero-order valence-corrected chi connectivity index (χ0v) is 6.41. The molecule has 0 unspecified atom stereocenters. The second kappa shape index (κ2) is 4.93. The predicted octanol–water partition coefficient (Wildman–Crippen LogP) is -0.0352. The van der Waals surface area contributed by atoms with Crippen LogP contribution in [-0.2, 0) is 4.79 Å². The van der Waals surface area contributed by atoms with E-state index in [-0.39, 0.29) is 17.3 Å². The average molecular weight is 158 g/mol. The maximum Gasteiger partial charge on any atom is 0.227 e. The highest BCUT2D eigenvalue weighted by atomic mass is 32.1. The van der Waals surface area contributed by atoms with Crippen molar-refractivity contribution in [2.75, 3.05) is 6.54 Å². The molecule has 0 aromatic carbocycles. The average Bonchev–Trinajstić information content (AvgIpc) is 1.82. The van der Waals surface area contributed by atoms with Crippen molar-refractivity contribution in [3.63, 3.8) is 0 Å². The first kappa shape index (κ1) is 9.10. The highest BCUT2D eigenvalue weighted by molar-refractivity contribution is 7.80. The van der Waals surface area contributed by atoms with Gasteiger partial charge in [0, 0.05) is 6.54 Å². The van der Waals surface area contributed by atoms with E-state index in [2.05, 4.69) is 24.1 Å². The lowest BCUT2D eigenvalue weighted by atomic mass is 10.4. The van der Waals surface area contributed by atoms with Gasteiger partial charge in [-0.05, 0) is 0 Å². The van der Waals surface area contributed by atoms with Gasteiger partial charge in [0.1, 0.15) is 0 Å². The van der Waals surface area contributed by atoms with E-state index in [0.717, 1.165) is 0 Å². The Morgan fingerprint density at radius 2 is 2.40 bits per heavy atom. The molecule has 0 atom stereocenters. The van der Waals surface area contributed by atoms with E-state index in [1.807, 2.05) is 0 Å². The maximum absolute atomic E-state index is 10.7. The first-order chi connectivity index (χ1) is 4.66. The molecule has 0 rings (SSSR count). The van der Waals surface area contributed by atoms with E-state index in [9.17, 15) is 4.79 Å². The second-order valence-electron chi connectivity index (χ2n) is 1.74. The Morgan fingerprint density at radius 1 is 1.80 bits per heavy atom. The van der Waals surface area contributed by atoms with Gasteiger partial charge in [0.25, 0.3) is 0 Å². The van der Waals surface area contributed by atoms with Crippen molar-refractivity contribution in [1.29, 1.82) is 0 Å². The topological polar surface area (TPSA) is 55.1 Å². The Balaban J connectivity index is 3.43. The van der Waals surface area contributed by atoms with Gasteiger partial charge in [-0.2, -0.15) is 0 Å². The van der Waals surface area contributed by atoms with Gasteiger partial charge in [-0.25, -0.2) is 0 Å². The van der Waals surface area contributed by atoms with Crippen LogP contribution in [0.4, 0.5) is 0 Å². The third kappa shape index (κ3) is 5.24. The number of carbonyl (C=O) groups is 1. The van der Waals surface area contributed by atoms with Crippen molar-refractivity contribution >= 4 is 23.1 Å². The lowest BCUT2D eigenvalue weighted by molar-refractivity contribution is -0.119. The van der Waals surface area contributed by atoms with Crippen molar-refractivity contribution in [3.8, 4) is 0 Å². The molecule has 0 saturated heterocycles. The van der Waals surface area contributed by atoms with Crippen molar-refractivity contribution in [3.05, 3.63) is 12.7 Å². The molecular formula is C6H10N2OS. The Bertz CT molecular complexity index is 156. The van der Waals surface area contributed by atoms with E-state index in [0.29, 0.717) is 6.54 Å². The van der Waals surface area contributed by atoms with Crippen LogP contribution in [0.5, 0.6) is 0 Å². The standard InChI is InChI=1S/C6H10N2OS/c1-2-3-8-6(9)4-5(7)10/h2H,1,3-4H2,(H2,7,10)(H,8,9). The highest BCUT2D eigenvalue weighted by Crippen LogP contribution is 1.78. The van der Waals surface area contributed by atoms with E-state index < -0.39 is 0 Å². The number of rotatable bonds is 4. The molecule has 0 radical (unpaired) electrons.